The smallest absolute Gasteiger partial charge is 0.161 e. The number of hydrogen-bond donors (Lipinski definition) is 2. The number of anilines is 1. The average Bonchev–Trinajstić information content (AvgIpc) is 3.39. The molecule has 1 aliphatic carbocycles. The number of ether oxygens (including phenoxy) is 2. The zero-order valence-corrected chi connectivity index (χ0v) is 22.2. The summed E-state index contributed by atoms with van der Waals surface area (Å²) in [5, 5.41) is 22.9. The molecule has 1 saturated carbocycles. The van der Waals surface area contributed by atoms with Crippen LogP contribution in [-0.2, 0) is 9.47 Å². The van der Waals surface area contributed by atoms with Gasteiger partial charge in [0.05, 0.1) is 29.1 Å². The summed E-state index contributed by atoms with van der Waals surface area (Å²) in [4.78, 5) is 2.64. The van der Waals surface area contributed by atoms with Crippen LogP contribution >= 0.6 is 0 Å². The predicted molar refractivity (Wildman–Crippen MR) is 145 cm³/mol. The molecule has 0 radical (unpaired) electrons. The second kappa shape index (κ2) is 11.5. The number of methoxy groups -OCH3 is 2. The number of rotatable bonds is 7. The van der Waals surface area contributed by atoms with E-state index < -0.39 is 0 Å². The van der Waals surface area contributed by atoms with E-state index in [1.165, 1.54) is 0 Å². The summed E-state index contributed by atoms with van der Waals surface area (Å²) in [6.45, 7) is 4.49. The quantitative estimate of drug-likeness (QED) is 0.361. The molecule has 0 spiro atoms. The SMILES string of the molecule is COC(OC)C1CC(N2CCC([C@@H](C)n3cc(C#Cc4cc(-c5ccccc5O)nnc4N)cn3)CC2)C1. The first kappa shape index (κ1) is 26.2. The van der Waals surface area contributed by atoms with Gasteiger partial charge in [-0.3, -0.25) is 4.68 Å². The van der Waals surface area contributed by atoms with Gasteiger partial charge in [-0.1, -0.05) is 24.0 Å². The van der Waals surface area contributed by atoms with Gasteiger partial charge in [-0.25, -0.2) is 0 Å². The highest BCUT2D eigenvalue weighted by atomic mass is 16.7. The molecule has 0 unspecified atom stereocenters. The maximum absolute atomic E-state index is 10.1. The van der Waals surface area contributed by atoms with Gasteiger partial charge < -0.3 is 25.2 Å². The molecular formula is C29H36N6O3. The zero-order valence-electron chi connectivity index (χ0n) is 22.2. The van der Waals surface area contributed by atoms with Gasteiger partial charge in [-0.2, -0.15) is 5.10 Å². The maximum atomic E-state index is 10.1. The lowest BCUT2D eigenvalue weighted by atomic mass is 9.77. The molecule has 9 nitrogen and oxygen atoms in total. The summed E-state index contributed by atoms with van der Waals surface area (Å²) in [7, 11) is 3.45. The molecule has 1 atom stereocenters. The molecule has 200 valence electrons. The number of hydrogen-bond acceptors (Lipinski definition) is 8. The van der Waals surface area contributed by atoms with E-state index in [-0.39, 0.29) is 17.9 Å². The standard InChI is InChI=1S/C29H36N6O3/c1-19(21-10-12-34(13-11-21)24-14-23(15-24)29(37-2)38-3)35-18-20(17-31-35)8-9-22-16-26(32-33-28(22)30)25-6-4-5-7-27(25)36/h4-7,16-19,21,23-24,29,36H,10-15H2,1-3H3,(H2,30,33)/t19-,23?,24?/m1/s1. The number of phenols is 1. The molecular weight excluding hydrogens is 480 g/mol. The number of para-hydroxylation sites is 1. The number of aromatic hydroxyl groups is 1. The van der Waals surface area contributed by atoms with Gasteiger partial charge in [0, 0.05) is 37.9 Å². The Hall–Kier alpha value is -3.45. The largest absolute Gasteiger partial charge is 0.507 e. The second-order valence-corrected chi connectivity index (χ2v) is 10.3. The van der Waals surface area contributed by atoms with Gasteiger partial charge in [0.15, 0.2) is 12.1 Å². The number of nitrogens with two attached hydrogens (primary N) is 1. The fourth-order valence-electron chi connectivity index (χ4n) is 5.70. The molecule has 1 aliphatic heterocycles. The normalized spacial score (nSPS) is 21.1. The first-order chi connectivity index (χ1) is 18.5. The van der Waals surface area contributed by atoms with Crippen molar-refractivity contribution in [3.8, 4) is 28.8 Å². The van der Waals surface area contributed by atoms with Crippen molar-refractivity contribution in [2.75, 3.05) is 33.0 Å². The molecule has 9 heteroatoms. The third-order valence-corrected chi connectivity index (χ3v) is 8.13. The first-order valence-corrected chi connectivity index (χ1v) is 13.2. The van der Waals surface area contributed by atoms with Crippen LogP contribution in [0.1, 0.15) is 49.8 Å². The van der Waals surface area contributed by atoms with Crippen molar-refractivity contribution in [1.29, 1.82) is 0 Å². The summed E-state index contributed by atoms with van der Waals surface area (Å²) in [5.74, 6) is 7.73. The molecule has 3 aromatic rings. The van der Waals surface area contributed by atoms with Crippen LogP contribution in [0.3, 0.4) is 0 Å². The lowest BCUT2D eigenvalue weighted by Gasteiger charge is -2.47. The lowest BCUT2D eigenvalue weighted by Crippen LogP contribution is -2.51. The first-order valence-electron chi connectivity index (χ1n) is 13.2. The number of benzene rings is 1. The van der Waals surface area contributed by atoms with Gasteiger partial charge in [-0.05, 0) is 69.8 Å². The number of likely N-dealkylation sites (tertiary alicyclic amines) is 1. The Balaban J connectivity index is 1.18. The molecule has 3 heterocycles. The van der Waals surface area contributed by atoms with Gasteiger partial charge in [0.25, 0.3) is 0 Å². The van der Waals surface area contributed by atoms with Crippen LogP contribution in [0.15, 0.2) is 42.7 Å². The van der Waals surface area contributed by atoms with Crippen molar-refractivity contribution in [2.45, 2.75) is 51.0 Å². The maximum Gasteiger partial charge on any atom is 0.161 e. The average molecular weight is 517 g/mol. The summed E-state index contributed by atoms with van der Waals surface area (Å²) < 4.78 is 12.9. The van der Waals surface area contributed by atoms with Crippen LogP contribution in [0.2, 0.25) is 0 Å². The van der Waals surface area contributed by atoms with E-state index >= 15 is 0 Å². The van der Waals surface area contributed by atoms with Crippen LogP contribution < -0.4 is 5.73 Å². The van der Waals surface area contributed by atoms with E-state index in [0.29, 0.717) is 40.7 Å². The van der Waals surface area contributed by atoms with E-state index in [2.05, 4.69) is 39.0 Å². The summed E-state index contributed by atoms with van der Waals surface area (Å²) in [5.41, 5.74) is 8.52. The van der Waals surface area contributed by atoms with Crippen molar-refractivity contribution in [3.05, 3.63) is 53.9 Å². The number of nitrogens with zero attached hydrogens (tertiary/aromatic N) is 5. The van der Waals surface area contributed by atoms with Crippen molar-refractivity contribution >= 4 is 5.82 Å². The van der Waals surface area contributed by atoms with Crippen molar-refractivity contribution in [2.24, 2.45) is 11.8 Å². The van der Waals surface area contributed by atoms with E-state index in [1.54, 1.807) is 44.7 Å². The molecule has 2 aromatic heterocycles. The summed E-state index contributed by atoms with van der Waals surface area (Å²) in [6, 6.07) is 9.69. The highest BCUT2D eigenvalue weighted by Gasteiger charge is 2.40. The van der Waals surface area contributed by atoms with E-state index in [9.17, 15) is 5.11 Å². The van der Waals surface area contributed by atoms with E-state index in [4.69, 9.17) is 15.2 Å². The van der Waals surface area contributed by atoms with Crippen LogP contribution in [0, 0.1) is 23.7 Å². The second-order valence-electron chi connectivity index (χ2n) is 10.3. The van der Waals surface area contributed by atoms with Crippen molar-refractivity contribution in [1.82, 2.24) is 24.9 Å². The highest BCUT2D eigenvalue weighted by Crippen LogP contribution is 2.38. The molecule has 0 bridgehead atoms. The molecule has 0 amide bonds. The number of aromatic nitrogens is 4. The third kappa shape index (κ3) is 5.53. The predicted octanol–water partition coefficient (Wildman–Crippen LogP) is 3.70. The third-order valence-electron chi connectivity index (χ3n) is 8.13. The van der Waals surface area contributed by atoms with Gasteiger partial charge in [-0.15, -0.1) is 10.2 Å². The Morgan fingerprint density at radius 3 is 2.50 bits per heavy atom. The molecule has 5 rings (SSSR count). The van der Waals surface area contributed by atoms with Crippen LogP contribution in [0.5, 0.6) is 5.75 Å². The summed E-state index contributed by atoms with van der Waals surface area (Å²) in [6.07, 6.45) is 8.35. The molecule has 38 heavy (non-hydrogen) atoms. The van der Waals surface area contributed by atoms with Gasteiger partial charge in [0.2, 0.25) is 0 Å². The lowest BCUT2D eigenvalue weighted by molar-refractivity contribution is -0.168. The van der Waals surface area contributed by atoms with Crippen molar-refractivity contribution < 1.29 is 14.6 Å². The monoisotopic (exact) mass is 516 g/mol. The van der Waals surface area contributed by atoms with Crippen molar-refractivity contribution in [3.63, 3.8) is 0 Å². The van der Waals surface area contributed by atoms with Crippen LogP contribution in [0.25, 0.3) is 11.3 Å². The molecule has 1 saturated heterocycles. The van der Waals surface area contributed by atoms with Crippen LogP contribution in [-0.4, -0.2) is 69.6 Å². The topological polar surface area (TPSA) is 112 Å². The minimum absolute atomic E-state index is 0.0773. The summed E-state index contributed by atoms with van der Waals surface area (Å²) >= 11 is 0. The van der Waals surface area contributed by atoms with E-state index in [1.807, 2.05) is 16.9 Å². The fraction of sp³-hybridized carbons (Fsp3) is 0.483. The minimum Gasteiger partial charge on any atom is -0.507 e. The number of nitrogen functional groups attached to an aromatic ring is 1. The zero-order chi connectivity index (χ0) is 26.6. The molecule has 3 N–H and O–H groups in total. The number of piperidine rings is 1. The highest BCUT2D eigenvalue weighted by molar-refractivity contribution is 5.69. The Labute approximate surface area is 224 Å². The Morgan fingerprint density at radius 2 is 1.79 bits per heavy atom. The fourth-order valence-corrected chi connectivity index (χ4v) is 5.70. The Bertz CT molecular complexity index is 1300. The molecule has 2 fully saturated rings. The van der Waals surface area contributed by atoms with Crippen LogP contribution in [0.4, 0.5) is 5.82 Å². The van der Waals surface area contributed by atoms with Gasteiger partial charge >= 0.3 is 0 Å². The van der Waals surface area contributed by atoms with E-state index in [0.717, 1.165) is 44.3 Å². The Morgan fingerprint density at radius 1 is 1.05 bits per heavy atom. The minimum atomic E-state index is -0.0773. The van der Waals surface area contributed by atoms with Gasteiger partial charge in [0.1, 0.15) is 5.75 Å². The Kier molecular flexibility index (Phi) is 7.93. The number of phenolic OH excluding ortho intramolecular Hbond substituents is 1. The molecule has 1 aromatic carbocycles. The molecule has 2 aliphatic rings.